The zero-order valence-corrected chi connectivity index (χ0v) is 4.18. The topological polar surface area (TPSA) is 9.23 Å². The first-order valence-corrected chi connectivity index (χ1v) is 2.42. The molecule has 0 N–H and O–H groups in total. The molecule has 0 unspecified atom stereocenters. The molecule has 7 heavy (non-hydrogen) atoms. The molecule has 1 rings (SSSR count). The molecule has 38 valence electrons. The van der Waals surface area contributed by atoms with Gasteiger partial charge in [-0.25, -0.2) is 0 Å². The van der Waals surface area contributed by atoms with Crippen molar-refractivity contribution in [2.75, 3.05) is 13.2 Å². The van der Waals surface area contributed by atoms with Gasteiger partial charge in [0.25, 0.3) is 0 Å². The quantitative estimate of drug-likeness (QED) is 0.438. The van der Waals surface area contributed by atoms with E-state index in [4.69, 9.17) is 11.7 Å². The van der Waals surface area contributed by atoms with E-state index < -0.39 is 0 Å². The van der Waals surface area contributed by atoms with Gasteiger partial charge >= 0.3 is 0 Å². The summed E-state index contributed by atoms with van der Waals surface area (Å²) >= 11 is 0. The first-order valence-electron chi connectivity index (χ1n) is 2.42. The summed E-state index contributed by atoms with van der Waals surface area (Å²) in [6.45, 7) is 6.91. The lowest BCUT2D eigenvalue weighted by atomic mass is 10.2. The molecular formula is C6H8O. The summed E-state index contributed by atoms with van der Waals surface area (Å²) in [5.74, 6) is 0. The monoisotopic (exact) mass is 96.1 g/mol. The summed E-state index contributed by atoms with van der Waals surface area (Å²) in [6.07, 6.45) is 2.81. The lowest BCUT2D eigenvalue weighted by molar-refractivity contribution is 0.155. The molecule has 0 bridgehead atoms. The zero-order chi connectivity index (χ0) is 5.11. The Morgan fingerprint density at radius 3 is 2.86 bits per heavy atom. The van der Waals surface area contributed by atoms with Gasteiger partial charge in [-0.15, -0.1) is 0 Å². The Labute approximate surface area is 44.0 Å². The van der Waals surface area contributed by atoms with Crippen LogP contribution in [0.1, 0.15) is 6.42 Å². The summed E-state index contributed by atoms with van der Waals surface area (Å²) in [5, 5.41) is 0. The van der Waals surface area contributed by atoms with E-state index in [1.165, 1.54) is 0 Å². The maximum Gasteiger partial charge on any atom is 0.0650 e. The van der Waals surface area contributed by atoms with Crippen molar-refractivity contribution >= 4 is 0 Å². The van der Waals surface area contributed by atoms with Crippen LogP contribution in [0.15, 0.2) is 11.6 Å². The molecule has 0 aromatic heterocycles. The maximum absolute atomic E-state index is 5.42. The minimum atomic E-state index is 0.700. The van der Waals surface area contributed by atoms with Crippen LogP contribution >= 0.6 is 0 Å². The van der Waals surface area contributed by atoms with E-state index in [-0.39, 0.29) is 0 Å². The molecule has 1 heterocycles. The highest BCUT2D eigenvalue weighted by Gasteiger charge is 1.95. The van der Waals surface area contributed by atoms with E-state index >= 15 is 0 Å². The molecular weight excluding hydrogens is 88.1 g/mol. The van der Waals surface area contributed by atoms with E-state index in [1.807, 2.05) is 6.08 Å². The molecule has 1 aliphatic rings. The van der Waals surface area contributed by atoms with Crippen LogP contribution in [0.3, 0.4) is 0 Å². The first-order chi connectivity index (χ1) is 3.39. The van der Waals surface area contributed by atoms with E-state index in [9.17, 15) is 0 Å². The second kappa shape index (κ2) is 2.12. The van der Waals surface area contributed by atoms with Gasteiger partial charge in [0, 0.05) is 0 Å². The highest BCUT2D eigenvalue weighted by Crippen LogP contribution is 2.03. The second-order valence-corrected chi connectivity index (χ2v) is 1.60. The van der Waals surface area contributed by atoms with Gasteiger partial charge in [0.15, 0.2) is 0 Å². The molecule has 2 radical (unpaired) electrons. The van der Waals surface area contributed by atoms with Crippen LogP contribution in [0, 0.1) is 6.92 Å². The summed E-state index contributed by atoms with van der Waals surface area (Å²) in [7, 11) is 0. The Morgan fingerprint density at radius 1 is 1.71 bits per heavy atom. The molecule has 1 heteroatoms. The van der Waals surface area contributed by atoms with Gasteiger partial charge in [-0.1, -0.05) is 11.6 Å². The third kappa shape index (κ3) is 1.32. The van der Waals surface area contributed by atoms with Crippen LogP contribution in [-0.2, 0) is 4.74 Å². The van der Waals surface area contributed by atoms with Crippen molar-refractivity contribution in [3.63, 3.8) is 0 Å². The summed E-state index contributed by atoms with van der Waals surface area (Å²) < 4.78 is 4.98. The van der Waals surface area contributed by atoms with Crippen molar-refractivity contribution in [1.29, 1.82) is 0 Å². The average molecular weight is 96.1 g/mol. The molecule has 0 aliphatic carbocycles. The Balaban J connectivity index is 2.40. The largest absolute Gasteiger partial charge is 0.377 e. The van der Waals surface area contributed by atoms with Crippen molar-refractivity contribution in [2.24, 2.45) is 0 Å². The lowest BCUT2D eigenvalue weighted by Crippen LogP contribution is -2.01. The Kier molecular flexibility index (Phi) is 1.47. The molecule has 0 aromatic rings. The number of rotatable bonds is 0. The van der Waals surface area contributed by atoms with Gasteiger partial charge in [-0.3, -0.25) is 0 Å². The van der Waals surface area contributed by atoms with Crippen LogP contribution in [-0.4, -0.2) is 13.2 Å². The minimum Gasteiger partial charge on any atom is -0.377 e. The Hall–Kier alpha value is -0.300. The lowest BCUT2D eigenvalue weighted by Gasteiger charge is -2.07. The van der Waals surface area contributed by atoms with E-state index in [2.05, 4.69) is 0 Å². The molecule has 1 nitrogen and oxygen atoms in total. The second-order valence-electron chi connectivity index (χ2n) is 1.60. The fraction of sp³-hybridized carbons (Fsp3) is 0.500. The van der Waals surface area contributed by atoms with Gasteiger partial charge in [-0.2, -0.15) is 0 Å². The fourth-order valence-corrected chi connectivity index (χ4v) is 0.541. The maximum atomic E-state index is 5.42. The van der Waals surface area contributed by atoms with Crippen LogP contribution in [0.25, 0.3) is 0 Å². The molecule has 0 amide bonds. The molecule has 1 aliphatic heterocycles. The average Bonchev–Trinajstić information content (AvgIpc) is 1.69. The normalized spacial score (nSPS) is 21.6. The number of hydrogen-bond donors (Lipinski definition) is 0. The van der Waals surface area contributed by atoms with Crippen molar-refractivity contribution in [3.05, 3.63) is 18.6 Å². The highest BCUT2D eigenvalue weighted by atomic mass is 16.5. The predicted molar refractivity (Wildman–Crippen MR) is 27.8 cm³/mol. The van der Waals surface area contributed by atoms with Crippen molar-refractivity contribution in [3.8, 4) is 0 Å². The third-order valence-electron chi connectivity index (χ3n) is 0.998. The minimum absolute atomic E-state index is 0.700. The molecule has 0 atom stereocenters. The Bertz CT molecular complexity index is 84.2. The van der Waals surface area contributed by atoms with E-state index in [0.717, 1.165) is 18.6 Å². The van der Waals surface area contributed by atoms with Crippen LogP contribution in [0.5, 0.6) is 0 Å². The number of hydrogen-bond acceptors (Lipinski definition) is 1. The number of ether oxygens (including phenoxy) is 1. The first kappa shape index (κ1) is 4.85. The third-order valence-corrected chi connectivity index (χ3v) is 0.998. The van der Waals surface area contributed by atoms with Gasteiger partial charge < -0.3 is 4.74 Å². The van der Waals surface area contributed by atoms with Crippen LogP contribution in [0.2, 0.25) is 0 Å². The van der Waals surface area contributed by atoms with Gasteiger partial charge in [0.05, 0.1) is 13.2 Å². The molecule has 0 spiro atoms. The summed E-state index contributed by atoms with van der Waals surface area (Å²) in [5.41, 5.74) is 0.964. The smallest absolute Gasteiger partial charge is 0.0650 e. The van der Waals surface area contributed by atoms with E-state index in [0.29, 0.717) is 6.61 Å². The van der Waals surface area contributed by atoms with Crippen LogP contribution in [0.4, 0.5) is 0 Å². The van der Waals surface area contributed by atoms with Crippen molar-refractivity contribution < 1.29 is 4.74 Å². The fourth-order valence-electron chi connectivity index (χ4n) is 0.541. The highest BCUT2D eigenvalue weighted by molar-refractivity contribution is 5.06. The standard InChI is InChI=1S/C6H8O/c1-6-2-4-7-5-3-6/h1-2H,3-5H2. The summed E-state index contributed by atoms with van der Waals surface area (Å²) in [6, 6.07) is 0. The zero-order valence-electron chi connectivity index (χ0n) is 4.18. The van der Waals surface area contributed by atoms with Crippen molar-refractivity contribution in [2.45, 2.75) is 6.42 Å². The summed E-state index contributed by atoms with van der Waals surface area (Å²) in [4.78, 5) is 0. The van der Waals surface area contributed by atoms with Crippen LogP contribution < -0.4 is 0 Å². The van der Waals surface area contributed by atoms with Gasteiger partial charge in [-0.05, 0) is 13.3 Å². The van der Waals surface area contributed by atoms with Gasteiger partial charge in [0.2, 0.25) is 0 Å². The Morgan fingerprint density at radius 2 is 2.57 bits per heavy atom. The van der Waals surface area contributed by atoms with Crippen molar-refractivity contribution in [1.82, 2.24) is 0 Å². The molecule has 0 fully saturated rings. The molecule has 0 saturated carbocycles. The van der Waals surface area contributed by atoms with Gasteiger partial charge in [0.1, 0.15) is 0 Å². The molecule has 0 saturated heterocycles. The SMILES string of the molecule is [CH]C1=CCOCC1. The molecule has 0 aromatic carbocycles. The van der Waals surface area contributed by atoms with E-state index in [1.54, 1.807) is 0 Å². The predicted octanol–water partition coefficient (Wildman–Crippen LogP) is 1.04.